The molecule has 78 valence electrons. The molecule has 1 aliphatic rings. The van der Waals surface area contributed by atoms with Crippen LogP contribution in [0.15, 0.2) is 35.3 Å². The zero-order valence-corrected chi connectivity index (χ0v) is 8.63. The van der Waals surface area contributed by atoms with Gasteiger partial charge < -0.3 is 10.6 Å². The van der Waals surface area contributed by atoms with Crippen LogP contribution in [0.4, 0.5) is 5.69 Å². The number of hydrogen-bond acceptors (Lipinski definition) is 3. The fourth-order valence-corrected chi connectivity index (χ4v) is 1.59. The molecule has 0 fully saturated rings. The van der Waals surface area contributed by atoms with Crippen LogP contribution in [0, 0.1) is 0 Å². The molecule has 0 atom stereocenters. The van der Waals surface area contributed by atoms with E-state index in [9.17, 15) is 0 Å². The Balaban J connectivity index is 2.18. The topological polar surface area (TPSA) is 41.6 Å². The largest absolute Gasteiger partial charge is 0.331 e. The fourth-order valence-electron chi connectivity index (χ4n) is 1.59. The third kappa shape index (κ3) is 2.44. The van der Waals surface area contributed by atoms with Gasteiger partial charge in [0, 0.05) is 18.8 Å². The van der Waals surface area contributed by atoms with Gasteiger partial charge in [-0.05, 0) is 17.7 Å². The van der Waals surface area contributed by atoms with Crippen molar-refractivity contribution in [1.29, 1.82) is 0 Å². The molecule has 15 heavy (non-hydrogen) atoms. The van der Waals surface area contributed by atoms with Crippen LogP contribution in [0.3, 0.4) is 0 Å². The molecule has 3 heteroatoms. The van der Waals surface area contributed by atoms with Crippen LogP contribution in [-0.4, -0.2) is 26.0 Å². The Hall–Kier alpha value is -1.61. The summed E-state index contributed by atoms with van der Waals surface area (Å²) in [7, 11) is 0. The van der Waals surface area contributed by atoms with Crippen molar-refractivity contribution in [3.8, 4) is 0 Å². The van der Waals surface area contributed by atoms with Gasteiger partial charge in [-0.1, -0.05) is 24.3 Å². The molecule has 0 amide bonds. The lowest BCUT2D eigenvalue weighted by atomic mass is 10.2. The maximum absolute atomic E-state index is 5.42. The summed E-state index contributed by atoms with van der Waals surface area (Å²) < 4.78 is 0. The van der Waals surface area contributed by atoms with E-state index in [0.29, 0.717) is 6.54 Å². The number of nitrogens with two attached hydrogens (primary N) is 1. The Morgan fingerprint density at radius 1 is 1.47 bits per heavy atom. The zero-order chi connectivity index (χ0) is 10.5. The van der Waals surface area contributed by atoms with E-state index in [1.54, 1.807) is 0 Å². The van der Waals surface area contributed by atoms with E-state index in [0.717, 1.165) is 13.1 Å². The number of benzene rings is 1. The first-order chi connectivity index (χ1) is 7.40. The smallest absolute Gasteiger partial charge is 0.0895 e. The molecule has 1 aliphatic heterocycles. The third-order valence-corrected chi connectivity index (χ3v) is 2.34. The summed E-state index contributed by atoms with van der Waals surface area (Å²) >= 11 is 0. The Morgan fingerprint density at radius 3 is 3.13 bits per heavy atom. The molecule has 1 aromatic carbocycles. The SMILES string of the molecule is NC/C=C/c1cccc(N2C=NCC2)c1. The number of aliphatic imine (C=N–C) groups is 1. The third-order valence-electron chi connectivity index (χ3n) is 2.34. The van der Waals surface area contributed by atoms with Crippen LogP contribution in [-0.2, 0) is 0 Å². The second-order valence-electron chi connectivity index (χ2n) is 3.45. The number of rotatable bonds is 3. The Labute approximate surface area is 89.9 Å². The van der Waals surface area contributed by atoms with Crippen LogP contribution in [0.25, 0.3) is 6.08 Å². The summed E-state index contributed by atoms with van der Waals surface area (Å²) in [5.41, 5.74) is 7.79. The van der Waals surface area contributed by atoms with Gasteiger partial charge in [0.1, 0.15) is 0 Å². The van der Waals surface area contributed by atoms with Crippen molar-refractivity contribution in [1.82, 2.24) is 0 Å². The standard InChI is InChI=1S/C12H15N3/c13-6-2-4-11-3-1-5-12(9-11)15-8-7-14-10-15/h1-5,9-10H,6-8,13H2/b4-2+. The Bertz CT molecular complexity index is 382. The van der Waals surface area contributed by atoms with Crippen LogP contribution in [0.2, 0.25) is 0 Å². The van der Waals surface area contributed by atoms with Crippen LogP contribution >= 0.6 is 0 Å². The van der Waals surface area contributed by atoms with Gasteiger partial charge in [0.2, 0.25) is 0 Å². The van der Waals surface area contributed by atoms with Gasteiger partial charge in [-0.25, -0.2) is 0 Å². The van der Waals surface area contributed by atoms with Gasteiger partial charge in [0.15, 0.2) is 0 Å². The lowest BCUT2D eigenvalue weighted by molar-refractivity contribution is 1.02. The van der Waals surface area contributed by atoms with E-state index in [-0.39, 0.29) is 0 Å². The van der Waals surface area contributed by atoms with Gasteiger partial charge >= 0.3 is 0 Å². The molecule has 1 aromatic rings. The normalized spacial score (nSPS) is 15.4. The van der Waals surface area contributed by atoms with Gasteiger partial charge in [0.25, 0.3) is 0 Å². The number of nitrogens with zero attached hydrogens (tertiary/aromatic N) is 2. The van der Waals surface area contributed by atoms with E-state index in [4.69, 9.17) is 5.73 Å². The van der Waals surface area contributed by atoms with Crippen LogP contribution in [0.5, 0.6) is 0 Å². The number of hydrogen-bond donors (Lipinski definition) is 1. The van der Waals surface area contributed by atoms with Crippen molar-refractivity contribution in [3.63, 3.8) is 0 Å². The molecule has 0 spiro atoms. The van der Waals surface area contributed by atoms with Gasteiger partial charge in [-0.2, -0.15) is 0 Å². The minimum absolute atomic E-state index is 0.579. The zero-order valence-electron chi connectivity index (χ0n) is 8.63. The van der Waals surface area contributed by atoms with Gasteiger partial charge in [-0.15, -0.1) is 0 Å². The molecule has 0 saturated carbocycles. The molecule has 0 saturated heterocycles. The van der Waals surface area contributed by atoms with Crippen LogP contribution < -0.4 is 10.6 Å². The molecule has 0 aromatic heterocycles. The van der Waals surface area contributed by atoms with Gasteiger partial charge in [-0.3, -0.25) is 4.99 Å². The van der Waals surface area contributed by atoms with Gasteiger partial charge in [0.05, 0.1) is 12.9 Å². The lowest BCUT2D eigenvalue weighted by Gasteiger charge is -2.14. The van der Waals surface area contributed by atoms with Crippen molar-refractivity contribution >= 4 is 18.1 Å². The second-order valence-corrected chi connectivity index (χ2v) is 3.45. The molecular formula is C12H15N3. The van der Waals surface area contributed by atoms with E-state index in [1.165, 1.54) is 11.3 Å². The molecule has 2 N–H and O–H groups in total. The number of anilines is 1. The quantitative estimate of drug-likeness (QED) is 0.805. The van der Waals surface area contributed by atoms with Crippen molar-refractivity contribution in [2.24, 2.45) is 10.7 Å². The van der Waals surface area contributed by atoms with E-state index in [2.05, 4.69) is 34.2 Å². The van der Waals surface area contributed by atoms with E-state index >= 15 is 0 Å². The first-order valence-electron chi connectivity index (χ1n) is 5.13. The average Bonchev–Trinajstić information content (AvgIpc) is 2.80. The van der Waals surface area contributed by atoms with Crippen molar-refractivity contribution in [3.05, 3.63) is 35.9 Å². The minimum Gasteiger partial charge on any atom is -0.331 e. The summed E-state index contributed by atoms with van der Waals surface area (Å²) in [6, 6.07) is 8.36. The van der Waals surface area contributed by atoms with Crippen molar-refractivity contribution in [2.45, 2.75) is 0 Å². The lowest BCUT2D eigenvalue weighted by Crippen LogP contribution is -2.17. The highest BCUT2D eigenvalue weighted by Gasteiger charge is 2.07. The summed E-state index contributed by atoms with van der Waals surface area (Å²) in [6.07, 6.45) is 5.89. The maximum Gasteiger partial charge on any atom is 0.0895 e. The fraction of sp³-hybridized carbons (Fsp3) is 0.250. The average molecular weight is 201 g/mol. The molecule has 0 bridgehead atoms. The molecule has 0 radical (unpaired) electrons. The molecular weight excluding hydrogens is 186 g/mol. The summed E-state index contributed by atoms with van der Waals surface area (Å²) in [4.78, 5) is 6.35. The highest BCUT2D eigenvalue weighted by molar-refractivity contribution is 5.81. The minimum atomic E-state index is 0.579. The highest BCUT2D eigenvalue weighted by Crippen LogP contribution is 2.17. The highest BCUT2D eigenvalue weighted by atomic mass is 15.2. The molecule has 1 heterocycles. The summed E-state index contributed by atoms with van der Waals surface area (Å²) in [5, 5.41) is 0. The predicted octanol–water partition coefficient (Wildman–Crippen LogP) is 1.51. The van der Waals surface area contributed by atoms with Crippen LogP contribution in [0.1, 0.15) is 5.56 Å². The predicted molar refractivity (Wildman–Crippen MR) is 65.2 cm³/mol. The molecule has 2 rings (SSSR count). The summed E-state index contributed by atoms with van der Waals surface area (Å²) in [6.45, 7) is 2.45. The van der Waals surface area contributed by atoms with E-state index < -0.39 is 0 Å². The second kappa shape index (κ2) is 4.75. The Kier molecular flexibility index (Phi) is 3.15. The molecule has 0 aliphatic carbocycles. The monoisotopic (exact) mass is 201 g/mol. The van der Waals surface area contributed by atoms with Crippen molar-refractivity contribution < 1.29 is 0 Å². The Morgan fingerprint density at radius 2 is 2.40 bits per heavy atom. The van der Waals surface area contributed by atoms with E-state index in [1.807, 2.05) is 18.5 Å². The molecule has 3 nitrogen and oxygen atoms in total. The summed E-state index contributed by atoms with van der Waals surface area (Å²) in [5.74, 6) is 0. The first-order valence-corrected chi connectivity index (χ1v) is 5.13. The maximum atomic E-state index is 5.42. The molecule has 0 unspecified atom stereocenters. The van der Waals surface area contributed by atoms with Crippen molar-refractivity contribution in [2.75, 3.05) is 24.5 Å². The first kappa shape index (κ1) is 9.93.